The molecule has 110 valence electrons. The number of nitrogens with zero attached hydrogens (tertiary/aromatic N) is 1. The maximum Gasteiger partial charge on any atom is 0.253 e. The van der Waals surface area contributed by atoms with Crippen LogP contribution in [0.15, 0.2) is 18.2 Å². The van der Waals surface area contributed by atoms with Crippen molar-refractivity contribution in [3.05, 3.63) is 23.8 Å². The minimum absolute atomic E-state index is 0.00683. The van der Waals surface area contributed by atoms with Crippen molar-refractivity contribution < 1.29 is 19.4 Å². The van der Waals surface area contributed by atoms with Crippen LogP contribution in [0.2, 0.25) is 0 Å². The molecular formula is C15H21NO4. The van der Waals surface area contributed by atoms with Gasteiger partial charge in [-0.15, -0.1) is 0 Å². The summed E-state index contributed by atoms with van der Waals surface area (Å²) >= 11 is 0. The average Bonchev–Trinajstić information content (AvgIpc) is 2.47. The van der Waals surface area contributed by atoms with Crippen LogP contribution in [0.4, 0.5) is 0 Å². The lowest BCUT2D eigenvalue weighted by Crippen LogP contribution is -2.39. The van der Waals surface area contributed by atoms with Gasteiger partial charge in [0, 0.05) is 32.4 Å². The zero-order chi connectivity index (χ0) is 14.5. The maximum atomic E-state index is 12.4. The number of amides is 1. The van der Waals surface area contributed by atoms with Crippen LogP contribution >= 0.6 is 0 Å². The van der Waals surface area contributed by atoms with Crippen molar-refractivity contribution in [2.75, 3.05) is 33.9 Å². The number of carbonyl (C=O) groups excluding carboxylic acids is 1. The quantitative estimate of drug-likeness (QED) is 0.914. The molecule has 0 bridgehead atoms. The molecule has 1 aromatic rings. The Labute approximate surface area is 119 Å². The molecule has 1 aliphatic rings. The van der Waals surface area contributed by atoms with Crippen LogP contribution in [0.1, 0.15) is 23.2 Å². The molecule has 1 aliphatic heterocycles. The summed E-state index contributed by atoms with van der Waals surface area (Å²) in [4.78, 5) is 14.2. The van der Waals surface area contributed by atoms with Crippen LogP contribution in [0, 0.1) is 5.92 Å². The van der Waals surface area contributed by atoms with Crippen LogP contribution in [-0.4, -0.2) is 49.8 Å². The monoisotopic (exact) mass is 279 g/mol. The van der Waals surface area contributed by atoms with E-state index in [1.165, 1.54) is 13.2 Å². The molecule has 20 heavy (non-hydrogen) atoms. The van der Waals surface area contributed by atoms with Gasteiger partial charge in [0.2, 0.25) is 0 Å². The van der Waals surface area contributed by atoms with E-state index in [2.05, 4.69) is 0 Å². The highest BCUT2D eigenvalue weighted by Gasteiger charge is 2.24. The normalized spacial score (nSPS) is 16.2. The van der Waals surface area contributed by atoms with Crippen LogP contribution in [-0.2, 0) is 4.74 Å². The van der Waals surface area contributed by atoms with Crippen LogP contribution < -0.4 is 4.74 Å². The second-order valence-corrected chi connectivity index (χ2v) is 5.08. The van der Waals surface area contributed by atoms with E-state index in [1.54, 1.807) is 19.2 Å². The highest BCUT2D eigenvalue weighted by molar-refractivity contribution is 5.95. The first kappa shape index (κ1) is 14.7. The maximum absolute atomic E-state index is 12.4. The second-order valence-electron chi connectivity index (χ2n) is 5.08. The third-order valence-corrected chi connectivity index (χ3v) is 3.73. The summed E-state index contributed by atoms with van der Waals surface area (Å²) < 4.78 is 10.1. The first-order chi connectivity index (χ1) is 9.65. The van der Waals surface area contributed by atoms with E-state index in [9.17, 15) is 9.90 Å². The fourth-order valence-corrected chi connectivity index (χ4v) is 2.54. The number of carbonyl (C=O) groups is 1. The number of hydrogen-bond acceptors (Lipinski definition) is 4. The minimum atomic E-state index is -0.0428. The number of piperidine rings is 1. The average molecular weight is 279 g/mol. The number of hydrogen-bond donors (Lipinski definition) is 1. The molecule has 0 aliphatic carbocycles. The van der Waals surface area contributed by atoms with Gasteiger partial charge in [0.25, 0.3) is 5.91 Å². The Morgan fingerprint density at radius 3 is 2.60 bits per heavy atom. The van der Waals surface area contributed by atoms with Gasteiger partial charge in [0.05, 0.1) is 7.11 Å². The summed E-state index contributed by atoms with van der Waals surface area (Å²) in [5.41, 5.74) is 0.494. The third kappa shape index (κ3) is 3.22. The molecule has 1 saturated heterocycles. The van der Waals surface area contributed by atoms with Crippen LogP contribution in [0.3, 0.4) is 0 Å². The molecule has 2 rings (SSSR count). The number of aromatic hydroxyl groups is 1. The Kier molecular flexibility index (Phi) is 4.84. The van der Waals surface area contributed by atoms with Gasteiger partial charge in [-0.05, 0) is 37.0 Å². The molecule has 1 heterocycles. The summed E-state index contributed by atoms with van der Waals surface area (Å²) in [6, 6.07) is 4.75. The number of benzene rings is 1. The molecule has 0 atom stereocenters. The van der Waals surface area contributed by atoms with Crippen molar-refractivity contribution in [2.45, 2.75) is 12.8 Å². The first-order valence-electron chi connectivity index (χ1n) is 6.81. The molecule has 1 fully saturated rings. The van der Waals surface area contributed by atoms with Gasteiger partial charge in [-0.2, -0.15) is 0 Å². The van der Waals surface area contributed by atoms with Crippen LogP contribution in [0.25, 0.3) is 0 Å². The van der Waals surface area contributed by atoms with E-state index in [0.717, 1.165) is 32.5 Å². The standard InChI is InChI=1S/C15H21NO4/c1-19-10-11-5-7-16(8-6-11)15(18)12-3-4-14(20-2)13(17)9-12/h3-4,9,11,17H,5-8,10H2,1-2H3. The third-order valence-electron chi connectivity index (χ3n) is 3.73. The number of ether oxygens (including phenoxy) is 2. The molecule has 0 unspecified atom stereocenters. The van der Waals surface area contributed by atoms with Gasteiger partial charge < -0.3 is 19.5 Å². The Morgan fingerprint density at radius 1 is 1.35 bits per heavy atom. The SMILES string of the molecule is COCC1CCN(C(=O)c2ccc(OC)c(O)c2)CC1. The fourth-order valence-electron chi connectivity index (χ4n) is 2.54. The van der Waals surface area contributed by atoms with Gasteiger partial charge in [-0.1, -0.05) is 0 Å². The molecule has 5 heteroatoms. The molecular weight excluding hydrogens is 258 g/mol. The van der Waals surface area contributed by atoms with E-state index in [1.807, 2.05) is 4.90 Å². The Morgan fingerprint density at radius 2 is 2.05 bits per heavy atom. The van der Waals surface area contributed by atoms with E-state index >= 15 is 0 Å². The Bertz CT molecular complexity index is 467. The predicted octanol–water partition coefficient (Wildman–Crippen LogP) is 1.90. The van der Waals surface area contributed by atoms with Gasteiger partial charge in [-0.3, -0.25) is 4.79 Å². The van der Waals surface area contributed by atoms with Gasteiger partial charge in [0.1, 0.15) is 0 Å². The number of phenols is 1. The summed E-state index contributed by atoms with van der Waals surface area (Å²) in [6.07, 6.45) is 1.92. The Hall–Kier alpha value is -1.75. The van der Waals surface area contributed by atoms with E-state index in [4.69, 9.17) is 9.47 Å². The van der Waals surface area contributed by atoms with Crippen molar-refractivity contribution in [2.24, 2.45) is 5.92 Å². The smallest absolute Gasteiger partial charge is 0.253 e. The molecule has 0 saturated carbocycles. The lowest BCUT2D eigenvalue weighted by molar-refractivity contribution is 0.0613. The summed E-state index contributed by atoms with van der Waals surface area (Å²) in [7, 11) is 3.19. The van der Waals surface area contributed by atoms with Crippen molar-refractivity contribution >= 4 is 5.91 Å². The number of likely N-dealkylation sites (tertiary alicyclic amines) is 1. The van der Waals surface area contributed by atoms with E-state index in [0.29, 0.717) is 17.2 Å². The number of rotatable bonds is 4. The predicted molar refractivity (Wildman–Crippen MR) is 75.2 cm³/mol. The largest absolute Gasteiger partial charge is 0.504 e. The molecule has 0 spiro atoms. The molecule has 1 amide bonds. The molecule has 5 nitrogen and oxygen atoms in total. The van der Waals surface area contributed by atoms with Gasteiger partial charge in [-0.25, -0.2) is 0 Å². The highest BCUT2D eigenvalue weighted by Crippen LogP contribution is 2.27. The van der Waals surface area contributed by atoms with E-state index in [-0.39, 0.29) is 11.7 Å². The second kappa shape index (κ2) is 6.61. The molecule has 1 aromatic carbocycles. The van der Waals surface area contributed by atoms with Gasteiger partial charge in [0.15, 0.2) is 11.5 Å². The molecule has 1 N–H and O–H groups in total. The Balaban J connectivity index is 2.00. The molecule has 0 aromatic heterocycles. The minimum Gasteiger partial charge on any atom is -0.504 e. The summed E-state index contributed by atoms with van der Waals surface area (Å²) in [6.45, 7) is 2.23. The fraction of sp³-hybridized carbons (Fsp3) is 0.533. The lowest BCUT2D eigenvalue weighted by Gasteiger charge is -2.31. The lowest BCUT2D eigenvalue weighted by atomic mass is 9.97. The highest BCUT2D eigenvalue weighted by atomic mass is 16.5. The zero-order valence-corrected chi connectivity index (χ0v) is 12.0. The summed E-state index contributed by atoms with van der Waals surface area (Å²) in [5.74, 6) is 0.861. The van der Waals surface area contributed by atoms with Crippen molar-refractivity contribution in [1.82, 2.24) is 4.90 Å². The number of phenolic OH excluding ortho intramolecular Hbond substituents is 1. The zero-order valence-electron chi connectivity index (χ0n) is 12.0. The van der Waals surface area contributed by atoms with Crippen molar-refractivity contribution in [3.63, 3.8) is 0 Å². The van der Waals surface area contributed by atoms with Crippen molar-refractivity contribution in [1.29, 1.82) is 0 Å². The van der Waals surface area contributed by atoms with Gasteiger partial charge >= 0.3 is 0 Å². The summed E-state index contributed by atoms with van der Waals surface area (Å²) in [5, 5.41) is 9.74. The molecule has 0 radical (unpaired) electrons. The van der Waals surface area contributed by atoms with Crippen LogP contribution in [0.5, 0.6) is 11.5 Å². The first-order valence-corrected chi connectivity index (χ1v) is 6.81. The van der Waals surface area contributed by atoms with Crippen molar-refractivity contribution in [3.8, 4) is 11.5 Å². The van der Waals surface area contributed by atoms with E-state index < -0.39 is 0 Å². The number of methoxy groups -OCH3 is 2. The topological polar surface area (TPSA) is 59.0 Å².